The fraction of sp³-hybridized carbons (Fsp3) is 0.938. The average Bonchev–Trinajstić information content (AvgIpc) is 2.91. The van der Waals surface area contributed by atoms with Crippen LogP contribution in [0.15, 0.2) is 0 Å². The van der Waals surface area contributed by atoms with Crippen molar-refractivity contribution in [3.63, 3.8) is 0 Å². The summed E-state index contributed by atoms with van der Waals surface area (Å²) in [4.78, 5) is 16.6. The Morgan fingerprint density at radius 2 is 2.00 bits per heavy atom. The third-order valence-electron chi connectivity index (χ3n) is 5.36. The molecule has 1 heterocycles. The molecule has 2 rings (SSSR count). The van der Waals surface area contributed by atoms with E-state index in [1.54, 1.807) is 0 Å². The van der Waals surface area contributed by atoms with Gasteiger partial charge < -0.3 is 20.2 Å². The van der Waals surface area contributed by atoms with Crippen molar-refractivity contribution in [1.82, 2.24) is 15.1 Å². The first-order chi connectivity index (χ1) is 9.98. The molecule has 1 saturated heterocycles. The smallest absolute Gasteiger partial charge is 0.323 e. The minimum Gasteiger partial charge on any atom is -0.480 e. The van der Waals surface area contributed by atoms with Gasteiger partial charge in [-0.3, -0.25) is 4.79 Å². The van der Waals surface area contributed by atoms with Crippen LogP contribution in [0.25, 0.3) is 0 Å². The molecule has 0 amide bonds. The Bertz CT molecular complexity index is 353. The maximum absolute atomic E-state index is 11.7. The predicted octanol–water partition coefficient (Wildman–Crippen LogP) is 1.39. The Labute approximate surface area is 128 Å². The maximum Gasteiger partial charge on any atom is 0.323 e. The number of carboxylic acids is 1. The number of hydrogen-bond acceptors (Lipinski definition) is 4. The summed E-state index contributed by atoms with van der Waals surface area (Å²) in [7, 11) is 4.31. The normalized spacial score (nSPS) is 31.9. The van der Waals surface area contributed by atoms with E-state index in [2.05, 4.69) is 36.1 Å². The molecule has 2 fully saturated rings. The minimum absolute atomic E-state index is 0.438. The fourth-order valence-corrected chi connectivity index (χ4v) is 3.89. The molecule has 2 unspecified atom stereocenters. The average molecular weight is 297 g/mol. The van der Waals surface area contributed by atoms with Gasteiger partial charge in [0.15, 0.2) is 0 Å². The Hall–Kier alpha value is -0.650. The van der Waals surface area contributed by atoms with E-state index in [4.69, 9.17) is 0 Å². The van der Waals surface area contributed by atoms with Gasteiger partial charge in [-0.15, -0.1) is 0 Å². The first kappa shape index (κ1) is 16.7. The predicted molar refractivity (Wildman–Crippen MR) is 84.6 cm³/mol. The van der Waals surface area contributed by atoms with Gasteiger partial charge in [-0.1, -0.05) is 6.92 Å². The van der Waals surface area contributed by atoms with Crippen LogP contribution >= 0.6 is 0 Å². The van der Waals surface area contributed by atoms with E-state index in [9.17, 15) is 9.90 Å². The molecule has 122 valence electrons. The highest BCUT2D eigenvalue weighted by molar-refractivity contribution is 5.79. The quantitative estimate of drug-likeness (QED) is 0.776. The zero-order chi connectivity index (χ0) is 15.5. The van der Waals surface area contributed by atoms with Crippen molar-refractivity contribution in [3.8, 4) is 0 Å². The zero-order valence-electron chi connectivity index (χ0n) is 13.8. The van der Waals surface area contributed by atoms with Crippen molar-refractivity contribution >= 4 is 5.97 Å². The highest BCUT2D eigenvalue weighted by Crippen LogP contribution is 2.35. The number of aliphatic carboxylic acids is 1. The number of nitrogens with one attached hydrogen (secondary N) is 1. The summed E-state index contributed by atoms with van der Waals surface area (Å²) in [6.07, 6.45) is 5.91. The summed E-state index contributed by atoms with van der Waals surface area (Å²) in [5, 5.41) is 12.9. The van der Waals surface area contributed by atoms with Crippen LogP contribution in [0.2, 0.25) is 0 Å². The second-order valence-corrected chi connectivity index (χ2v) is 6.94. The summed E-state index contributed by atoms with van der Waals surface area (Å²) < 4.78 is 0. The van der Waals surface area contributed by atoms with Crippen LogP contribution in [0.3, 0.4) is 0 Å². The molecule has 0 radical (unpaired) electrons. The largest absolute Gasteiger partial charge is 0.480 e. The summed E-state index contributed by atoms with van der Waals surface area (Å²) in [5.74, 6) is -0.665. The number of likely N-dealkylation sites (tertiary alicyclic amines) is 1. The van der Waals surface area contributed by atoms with Crippen LogP contribution in [0.4, 0.5) is 0 Å². The van der Waals surface area contributed by atoms with E-state index in [-0.39, 0.29) is 0 Å². The Morgan fingerprint density at radius 1 is 1.33 bits per heavy atom. The molecule has 1 saturated carbocycles. The van der Waals surface area contributed by atoms with E-state index in [1.807, 2.05) is 0 Å². The van der Waals surface area contributed by atoms with Gasteiger partial charge in [-0.05, 0) is 72.3 Å². The number of hydrogen-bond donors (Lipinski definition) is 2. The van der Waals surface area contributed by atoms with Crippen molar-refractivity contribution < 1.29 is 9.90 Å². The lowest BCUT2D eigenvalue weighted by Gasteiger charge is -2.39. The van der Waals surface area contributed by atoms with E-state index in [0.29, 0.717) is 12.1 Å². The number of piperidine rings is 1. The molecule has 0 aromatic heterocycles. The molecule has 21 heavy (non-hydrogen) atoms. The van der Waals surface area contributed by atoms with Crippen LogP contribution in [0, 0.1) is 0 Å². The van der Waals surface area contributed by atoms with Gasteiger partial charge in [0.25, 0.3) is 0 Å². The molecule has 0 spiro atoms. The van der Waals surface area contributed by atoms with Crippen LogP contribution < -0.4 is 5.32 Å². The van der Waals surface area contributed by atoms with E-state index in [0.717, 1.165) is 45.3 Å². The minimum atomic E-state index is -0.681. The van der Waals surface area contributed by atoms with Gasteiger partial charge in [0.2, 0.25) is 0 Å². The summed E-state index contributed by atoms with van der Waals surface area (Å²) in [5.41, 5.74) is -0.681. The molecule has 2 atom stereocenters. The van der Waals surface area contributed by atoms with Crippen molar-refractivity contribution in [2.45, 2.75) is 63.1 Å². The van der Waals surface area contributed by atoms with E-state index in [1.165, 1.54) is 12.8 Å². The van der Waals surface area contributed by atoms with E-state index >= 15 is 0 Å². The number of carboxylic acid groups (broad SMARTS) is 1. The Kier molecular flexibility index (Phi) is 5.63. The van der Waals surface area contributed by atoms with Gasteiger partial charge in [0.1, 0.15) is 5.54 Å². The maximum atomic E-state index is 11.7. The molecule has 1 aliphatic heterocycles. The van der Waals surface area contributed by atoms with Crippen LogP contribution in [0.5, 0.6) is 0 Å². The molecule has 0 aromatic rings. The summed E-state index contributed by atoms with van der Waals surface area (Å²) in [6.45, 7) is 5.09. The number of nitrogens with zero attached hydrogens (tertiary/aromatic N) is 2. The highest BCUT2D eigenvalue weighted by atomic mass is 16.4. The van der Waals surface area contributed by atoms with Gasteiger partial charge >= 0.3 is 5.97 Å². The van der Waals surface area contributed by atoms with E-state index < -0.39 is 11.5 Å². The SMILES string of the molecule is CCCNC1(C(=O)O)CCC(N2CCC(N(C)C)CC2)C1. The molecule has 2 N–H and O–H groups in total. The molecular weight excluding hydrogens is 266 g/mol. The standard InChI is InChI=1S/C16H31N3O2/c1-4-9-17-16(15(20)21)8-5-14(12-16)19-10-6-13(7-11-19)18(2)3/h13-14,17H,4-12H2,1-3H3,(H,20,21). The van der Waals surface area contributed by atoms with Gasteiger partial charge in [0, 0.05) is 12.1 Å². The van der Waals surface area contributed by atoms with Crippen molar-refractivity contribution in [1.29, 1.82) is 0 Å². The molecule has 5 nitrogen and oxygen atoms in total. The number of rotatable bonds is 6. The molecule has 0 bridgehead atoms. The van der Waals surface area contributed by atoms with Crippen molar-refractivity contribution in [2.75, 3.05) is 33.7 Å². The third-order valence-corrected chi connectivity index (χ3v) is 5.36. The lowest BCUT2D eigenvalue weighted by molar-refractivity contribution is -0.144. The highest BCUT2D eigenvalue weighted by Gasteiger charge is 2.46. The molecule has 0 aromatic carbocycles. The van der Waals surface area contributed by atoms with Crippen LogP contribution in [-0.2, 0) is 4.79 Å². The molecule has 2 aliphatic rings. The summed E-state index contributed by atoms with van der Waals surface area (Å²) in [6, 6.07) is 1.12. The molecular formula is C16H31N3O2. The Morgan fingerprint density at radius 3 is 2.52 bits per heavy atom. The van der Waals surface area contributed by atoms with Crippen LogP contribution in [-0.4, -0.2) is 72.2 Å². The fourth-order valence-electron chi connectivity index (χ4n) is 3.89. The number of carbonyl (C=O) groups is 1. The first-order valence-corrected chi connectivity index (χ1v) is 8.37. The second-order valence-electron chi connectivity index (χ2n) is 6.94. The molecule has 1 aliphatic carbocycles. The first-order valence-electron chi connectivity index (χ1n) is 8.37. The van der Waals surface area contributed by atoms with Crippen molar-refractivity contribution in [2.24, 2.45) is 0 Å². The topological polar surface area (TPSA) is 55.8 Å². The summed E-state index contributed by atoms with van der Waals surface area (Å²) >= 11 is 0. The third kappa shape index (κ3) is 3.76. The Balaban J connectivity index is 1.91. The van der Waals surface area contributed by atoms with Crippen LogP contribution in [0.1, 0.15) is 45.4 Å². The molecule has 5 heteroatoms. The lowest BCUT2D eigenvalue weighted by Crippen LogP contribution is -2.52. The van der Waals surface area contributed by atoms with Crippen molar-refractivity contribution in [3.05, 3.63) is 0 Å². The lowest BCUT2D eigenvalue weighted by atomic mass is 9.96. The second kappa shape index (κ2) is 7.07. The van der Waals surface area contributed by atoms with Gasteiger partial charge in [-0.25, -0.2) is 0 Å². The zero-order valence-corrected chi connectivity index (χ0v) is 13.8. The van der Waals surface area contributed by atoms with Gasteiger partial charge in [0.05, 0.1) is 0 Å². The van der Waals surface area contributed by atoms with Gasteiger partial charge in [-0.2, -0.15) is 0 Å². The monoisotopic (exact) mass is 297 g/mol.